The Bertz CT molecular complexity index is 384. The van der Waals surface area contributed by atoms with Gasteiger partial charge in [-0.1, -0.05) is 6.07 Å². The van der Waals surface area contributed by atoms with Crippen molar-refractivity contribution in [3.63, 3.8) is 0 Å². The minimum Gasteiger partial charge on any atom is -0.351 e. The molecule has 0 radical (unpaired) electrons. The van der Waals surface area contributed by atoms with Crippen LogP contribution in [0, 0.1) is 5.82 Å². The number of benzene rings is 1. The van der Waals surface area contributed by atoms with Crippen LogP contribution in [0.3, 0.4) is 0 Å². The highest BCUT2D eigenvalue weighted by Gasteiger charge is 2.21. The molecule has 1 aromatic carbocycles. The van der Waals surface area contributed by atoms with Crippen LogP contribution in [0.4, 0.5) is 4.39 Å². The van der Waals surface area contributed by atoms with Crippen molar-refractivity contribution < 1.29 is 13.9 Å². The SMILES string of the molecule is CCOC(OCC)C(Cc1ccc(F)c(Br)c1)NC. The first-order chi connectivity index (χ1) is 9.12. The first kappa shape index (κ1) is 16.6. The second-order valence-corrected chi connectivity index (χ2v) is 4.98. The average Bonchev–Trinajstić information content (AvgIpc) is 2.40. The van der Waals surface area contributed by atoms with Crippen LogP contribution in [-0.2, 0) is 15.9 Å². The molecule has 0 spiro atoms. The van der Waals surface area contributed by atoms with Gasteiger partial charge in [-0.15, -0.1) is 0 Å². The molecule has 1 unspecified atom stereocenters. The lowest BCUT2D eigenvalue weighted by atomic mass is 10.1. The zero-order chi connectivity index (χ0) is 14.3. The van der Waals surface area contributed by atoms with Crippen molar-refractivity contribution in [1.29, 1.82) is 0 Å². The lowest BCUT2D eigenvalue weighted by molar-refractivity contribution is -0.152. The number of ether oxygens (including phenoxy) is 2. The van der Waals surface area contributed by atoms with E-state index in [9.17, 15) is 4.39 Å². The summed E-state index contributed by atoms with van der Waals surface area (Å²) in [5, 5.41) is 3.20. The third kappa shape index (κ3) is 5.18. The zero-order valence-electron chi connectivity index (χ0n) is 11.6. The van der Waals surface area contributed by atoms with Crippen molar-refractivity contribution in [1.82, 2.24) is 5.32 Å². The first-order valence-corrected chi connectivity index (χ1v) is 7.26. The second kappa shape index (κ2) is 8.64. The summed E-state index contributed by atoms with van der Waals surface area (Å²) in [4.78, 5) is 0. The summed E-state index contributed by atoms with van der Waals surface area (Å²) >= 11 is 3.20. The van der Waals surface area contributed by atoms with Crippen LogP contribution < -0.4 is 5.32 Å². The molecule has 0 heterocycles. The van der Waals surface area contributed by atoms with Gasteiger partial charge in [-0.2, -0.15) is 0 Å². The third-order valence-electron chi connectivity index (χ3n) is 2.80. The number of nitrogens with one attached hydrogen (secondary N) is 1. The van der Waals surface area contributed by atoms with Crippen LogP contribution in [0.2, 0.25) is 0 Å². The van der Waals surface area contributed by atoms with Gasteiger partial charge < -0.3 is 14.8 Å². The summed E-state index contributed by atoms with van der Waals surface area (Å²) in [6.07, 6.45) is 0.406. The van der Waals surface area contributed by atoms with Crippen molar-refractivity contribution >= 4 is 15.9 Å². The van der Waals surface area contributed by atoms with Crippen molar-refractivity contribution in [3.05, 3.63) is 34.1 Å². The Labute approximate surface area is 122 Å². The van der Waals surface area contributed by atoms with E-state index in [2.05, 4.69) is 21.2 Å². The predicted octanol–water partition coefficient (Wildman–Crippen LogP) is 3.12. The second-order valence-electron chi connectivity index (χ2n) is 4.13. The largest absolute Gasteiger partial charge is 0.351 e. The number of hydrogen-bond donors (Lipinski definition) is 1. The summed E-state index contributed by atoms with van der Waals surface area (Å²) in [5.74, 6) is -0.254. The number of likely N-dealkylation sites (N-methyl/N-ethyl adjacent to an activating group) is 1. The van der Waals surface area contributed by atoms with E-state index in [1.54, 1.807) is 12.1 Å². The van der Waals surface area contributed by atoms with Gasteiger partial charge in [0, 0.05) is 13.2 Å². The van der Waals surface area contributed by atoms with E-state index in [4.69, 9.17) is 9.47 Å². The molecule has 0 amide bonds. The standard InChI is InChI=1S/C14H21BrFNO2/c1-4-18-14(19-5-2)13(17-3)9-10-6-7-12(16)11(15)8-10/h6-8,13-14,17H,4-5,9H2,1-3H3. The topological polar surface area (TPSA) is 30.5 Å². The highest BCUT2D eigenvalue weighted by molar-refractivity contribution is 9.10. The maximum atomic E-state index is 13.2. The van der Waals surface area contributed by atoms with E-state index >= 15 is 0 Å². The molecule has 0 bridgehead atoms. The molecule has 108 valence electrons. The van der Waals surface area contributed by atoms with Crippen LogP contribution in [0.25, 0.3) is 0 Å². The molecular formula is C14H21BrFNO2. The molecule has 0 saturated carbocycles. The molecule has 0 fully saturated rings. The van der Waals surface area contributed by atoms with Crippen LogP contribution in [-0.4, -0.2) is 32.6 Å². The lowest BCUT2D eigenvalue weighted by Crippen LogP contribution is -2.42. The van der Waals surface area contributed by atoms with Crippen molar-refractivity contribution in [3.8, 4) is 0 Å². The Morgan fingerprint density at radius 2 is 1.89 bits per heavy atom. The first-order valence-electron chi connectivity index (χ1n) is 6.46. The molecule has 0 aliphatic heterocycles. The number of halogens is 2. The molecule has 5 heteroatoms. The van der Waals surface area contributed by atoms with E-state index in [1.807, 2.05) is 20.9 Å². The molecule has 0 aliphatic rings. The van der Waals surface area contributed by atoms with Gasteiger partial charge in [-0.25, -0.2) is 4.39 Å². The van der Waals surface area contributed by atoms with Crippen LogP contribution in [0.5, 0.6) is 0 Å². The van der Waals surface area contributed by atoms with Gasteiger partial charge in [-0.3, -0.25) is 0 Å². The summed E-state index contributed by atoms with van der Waals surface area (Å²) in [5.41, 5.74) is 1.03. The smallest absolute Gasteiger partial charge is 0.172 e. The van der Waals surface area contributed by atoms with Crippen LogP contribution in [0.1, 0.15) is 19.4 Å². The van der Waals surface area contributed by atoms with E-state index in [1.165, 1.54) is 6.07 Å². The van der Waals surface area contributed by atoms with Gasteiger partial charge in [0.2, 0.25) is 0 Å². The molecular weight excluding hydrogens is 313 g/mol. The van der Waals surface area contributed by atoms with Crippen LogP contribution >= 0.6 is 15.9 Å². The summed E-state index contributed by atoms with van der Waals surface area (Å²) in [6, 6.07) is 5.05. The van der Waals surface area contributed by atoms with Gasteiger partial charge in [-0.05, 0) is 60.9 Å². The highest BCUT2D eigenvalue weighted by Crippen LogP contribution is 2.19. The van der Waals surface area contributed by atoms with E-state index in [0.29, 0.717) is 24.1 Å². The summed E-state index contributed by atoms with van der Waals surface area (Å²) in [6.45, 7) is 5.06. The van der Waals surface area contributed by atoms with Gasteiger partial charge in [0.25, 0.3) is 0 Å². The Hall–Kier alpha value is -0.490. The van der Waals surface area contributed by atoms with Gasteiger partial charge >= 0.3 is 0 Å². The third-order valence-corrected chi connectivity index (χ3v) is 3.41. The van der Waals surface area contributed by atoms with E-state index in [-0.39, 0.29) is 18.1 Å². The number of hydrogen-bond acceptors (Lipinski definition) is 3. The van der Waals surface area contributed by atoms with Gasteiger partial charge in [0.1, 0.15) is 5.82 Å². The normalized spacial score (nSPS) is 12.9. The monoisotopic (exact) mass is 333 g/mol. The fourth-order valence-electron chi connectivity index (χ4n) is 1.86. The van der Waals surface area contributed by atoms with Crippen LogP contribution in [0.15, 0.2) is 22.7 Å². The van der Waals surface area contributed by atoms with E-state index < -0.39 is 0 Å². The molecule has 1 N–H and O–H groups in total. The molecule has 1 aromatic rings. The van der Waals surface area contributed by atoms with Gasteiger partial charge in [0.05, 0.1) is 10.5 Å². The molecule has 0 saturated heterocycles. The fourth-order valence-corrected chi connectivity index (χ4v) is 2.29. The molecule has 3 nitrogen and oxygen atoms in total. The van der Waals surface area contributed by atoms with E-state index in [0.717, 1.165) is 5.56 Å². The summed E-state index contributed by atoms with van der Waals surface area (Å²) in [7, 11) is 1.87. The Morgan fingerprint density at radius 3 is 2.37 bits per heavy atom. The highest BCUT2D eigenvalue weighted by atomic mass is 79.9. The maximum Gasteiger partial charge on any atom is 0.172 e. The molecule has 19 heavy (non-hydrogen) atoms. The molecule has 1 atom stereocenters. The Morgan fingerprint density at radius 1 is 1.26 bits per heavy atom. The minimum absolute atomic E-state index is 0.0252. The number of rotatable bonds is 8. The fraction of sp³-hybridized carbons (Fsp3) is 0.571. The molecule has 0 aliphatic carbocycles. The van der Waals surface area contributed by atoms with Crippen molar-refractivity contribution in [2.45, 2.75) is 32.6 Å². The predicted molar refractivity (Wildman–Crippen MR) is 77.7 cm³/mol. The maximum absolute atomic E-state index is 13.2. The van der Waals surface area contributed by atoms with Gasteiger partial charge in [0.15, 0.2) is 6.29 Å². The lowest BCUT2D eigenvalue weighted by Gasteiger charge is -2.26. The average molecular weight is 334 g/mol. The Kier molecular flexibility index (Phi) is 7.53. The van der Waals surface area contributed by atoms with Crippen molar-refractivity contribution in [2.24, 2.45) is 0 Å². The quantitative estimate of drug-likeness (QED) is 0.741. The minimum atomic E-state index is -0.302. The summed E-state index contributed by atoms with van der Waals surface area (Å²) < 4.78 is 24.9. The molecule has 1 rings (SSSR count). The zero-order valence-corrected chi connectivity index (χ0v) is 13.2. The van der Waals surface area contributed by atoms with Crippen molar-refractivity contribution in [2.75, 3.05) is 20.3 Å². The Balaban J connectivity index is 2.75. The molecule has 0 aromatic heterocycles.